The number of aliphatic hydroxyl groups excluding tert-OH is 2. The number of carbonyl (C=O) groups is 2. The minimum Gasteiger partial charge on any atom is -0.461 e. The van der Waals surface area contributed by atoms with E-state index in [0.29, 0.717) is 19.3 Å². The Labute approximate surface area is 393 Å². The lowest BCUT2D eigenvalue weighted by Crippen LogP contribution is -2.46. The summed E-state index contributed by atoms with van der Waals surface area (Å²) in [5.41, 5.74) is 0. The second kappa shape index (κ2) is 50.3. The summed E-state index contributed by atoms with van der Waals surface area (Å²) in [5, 5.41) is 23.7. The van der Waals surface area contributed by atoms with Gasteiger partial charge in [0.25, 0.3) is 0 Å². The number of ether oxygens (including phenoxy) is 1. The van der Waals surface area contributed by atoms with E-state index in [9.17, 15) is 19.8 Å². The van der Waals surface area contributed by atoms with Crippen LogP contribution in [0.5, 0.6) is 0 Å². The van der Waals surface area contributed by atoms with Crippen LogP contribution in [0.1, 0.15) is 207 Å². The van der Waals surface area contributed by atoms with Crippen molar-refractivity contribution < 1.29 is 24.5 Å². The van der Waals surface area contributed by atoms with Crippen LogP contribution in [0.2, 0.25) is 0 Å². The summed E-state index contributed by atoms with van der Waals surface area (Å²) >= 11 is 0. The highest BCUT2D eigenvalue weighted by Crippen LogP contribution is 2.16. The summed E-state index contributed by atoms with van der Waals surface area (Å²) in [6, 6.07) is -0.750. The minimum absolute atomic E-state index is 0.0259. The maximum Gasteiger partial charge on any atom is 0.306 e. The second-order valence-corrected chi connectivity index (χ2v) is 16.9. The highest BCUT2D eigenvalue weighted by molar-refractivity contribution is 5.77. The van der Waals surface area contributed by atoms with E-state index < -0.39 is 18.2 Å². The fourth-order valence-corrected chi connectivity index (χ4v) is 7.06. The summed E-state index contributed by atoms with van der Waals surface area (Å²) in [5.74, 6) is -0.641. The van der Waals surface area contributed by atoms with Crippen molar-refractivity contribution >= 4 is 11.9 Å². The molecule has 3 unspecified atom stereocenters. The molecule has 0 aliphatic rings. The first-order chi connectivity index (χ1) is 31.5. The molecule has 0 aromatic carbocycles. The van der Waals surface area contributed by atoms with Crippen molar-refractivity contribution in [2.45, 2.75) is 225 Å². The number of hydrogen-bond donors (Lipinski definition) is 3. The van der Waals surface area contributed by atoms with Crippen molar-refractivity contribution in [1.82, 2.24) is 5.32 Å². The molecule has 64 heavy (non-hydrogen) atoms. The van der Waals surface area contributed by atoms with Gasteiger partial charge in [0.1, 0.15) is 6.10 Å². The molecule has 0 radical (unpaired) electrons. The number of amides is 1. The third-order valence-electron chi connectivity index (χ3n) is 10.9. The zero-order valence-electron chi connectivity index (χ0n) is 41.1. The van der Waals surface area contributed by atoms with Gasteiger partial charge in [0.2, 0.25) is 5.91 Å². The van der Waals surface area contributed by atoms with Gasteiger partial charge in [-0.25, -0.2) is 0 Å². The van der Waals surface area contributed by atoms with Crippen molar-refractivity contribution in [3.8, 4) is 0 Å². The van der Waals surface area contributed by atoms with Crippen LogP contribution in [0.4, 0.5) is 0 Å². The first kappa shape index (κ1) is 60.3. The summed E-state index contributed by atoms with van der Waals surface area (Å²) in [6.45, 7) is 6.18. The highest BCUT2D eigenvalue weighted by Gasteiger charge is 2.23. The molecule has 0 aromatic heterocycles. The van der Waals surface area contributed by atoms with Crippen molar-refractivity contribution in [3.05, 3.63) is 122 Å². The molecule has 0 spiro atoms. The Morgan fingerprint density at radius 2 is 0.938 bits per heavy atom. The fourth-order valence-electron chi connectivity index (χ4n) is 7.06. The van der Waals surface area contributed by atoms with Gasteiger partial charge >= 0.3 is 5.97 Å². The molecule has 6 heteroatoms. The molecule has 3 atom stereocenters. The fraction of sp³-hybridized carbons (Fsp3) is 0.621. The Morgan fingerprint density at radius 1 is 0.500 bits per heavy atom. The summed E-state index contributed by atoms with van der Waals surface area (Å²) in [6.07, 6.45) is 69.8. The standard InChI is InChI=1S/C58H95NO5/c1-4-7-10-13-16-19-22-25-28-31-34-37-40-43-46-49-54(64-58(63)51-48-45-42-39-36-33-30-27-24-21-18-15-12-9-6-3)52-57(62)59-55(53-60)56(61)50-47-44-41-38-35-32-29-26-23-20-17-14-11-8-5-2/h7,9-10,12,15-16,18-19,21,24-25,27-28,30,33-34,36-37,43,46,54-56,60-61H,4-6,8,11,13-14,17,20,22-23,26,29,31-32,35,38-42,44-45,47-53H2,1-3H3,(H,59,62)/b10-7-,12-9+,18-15+,19-16-,24-21-,28-25-,30-27-,36-33+,37-34-,46-43-. The van der Waals surface area contributed by atoms with E-state index in [1.54, 1.807) is 0 Å². The lowest BCUT2D eigenvalue weighted by molar-refractivity contribution is -0.150. The molecule has 0 fully saturated rings. The molecule has 3 N–H and O–H groups in total. The van der Waals surface area contributed by atoms with Crippen molar-refractivity contribution in [3.63, 3.8) is 0 Å². The molecule has 0 saturated heterocycles. The number of nitrogens with one attached hydrogen (secondary N) is 1. The number of allylic oxidation sites excluding steroid dienone is 19. The molecule has 0 bridgehead atoms. The SMILES string of the molecule is CC/C=C\C/C=C\C/C=C\C/C=C\C/C=C\CC(CC(=O)NC(CO)C(O)CCCCCCCCCCCCCCCCC)OC(=O)CCCCC/C=C/C=C\C=C/C=C/C=C/CC. The number of hydrogen-bond acceptors (Lipinski definition) is 5. The van der Waals surface area contributed by atoms with Crippen molar-refractivity contribution in [2.24, 2.45) is 0 Å². The van der Waals surface area contributed by atoms with Crippen LogP contribution < -0.4 is 5.32 Å². The Hall–Kier alpha value is -3.74. The molecular weight excluding hydrogens is 791 g/mol. The van der Waals surface area contributed by atoms with Gasteiger partial charge in [0.05, 0.1) is 25.2 Å². The second-order valence-electron chi connectivity index (χ2n) is 16.9. The molecule has 0 aromatic rings. The predicted octanol–water partition coefficient (Wildman–Crippen LogP) is 15.7. The van der Waals surface area contributed by atoms with Gasteiger partial charge in [0, 0.05) is 12.8 Å². The topological polar surface area (TPSA) is 95.9 Å². The Balaban J connectivity index is 4.80. The maximum absolute atomic E-state index is 13.2. The van der Waals surface area contributed by atoms with Crippen LogP contribution >= 0.6 is 0 Å². The van der Waals surface area contributed by atoms with E-state index in [-0.39, 0.29) is 24.9 Å². The Kier molecular flexibility index (Phi) is 47.3. The lowest BCUT2D eigenvalue weighted by atomic mass is 10.0. The van der Waals surface area contributed by atoms with Crippen LogP contribution in [0.15, 0.2) is 122 Å². The highest BCUT2D eigenvalue weighted by atomic mass is 16.5. The first-order valence-corrected chi connectivity index (χ1v) is 25.8. The number of esters is 1. The third-order valence-corrected chi connectivity index (χ3v) is 10.9. The van der Waals surface area contributed by atoms with Crippen LogP contribution in [0, 0.1) is 0 Å². The minimum atomic E-state index is -0.828. The van der Waals surface area contributed by atoms with Gasteiger partial charge in [0.15, 0.2) is 0 Å². The van der Waals surface area contributed by atoms with Gasteiger partial charge < -0.3 is 20.3 Å². The number of rotatable bonds is 44. The lowest BCUT2D eigenvalue weighted by Gasteiger charge is -2.24. The molecular formula is C58H95NO5. The van der Waals surface area contributed by atoms with Crippen molar-refractivity contribution in [2.75, 3.05) is 6.61 Å². The molecule has 0 aliphatic carbocycles. The zero-order chi connectivity index (χ0) is 46.7. The van der Waals surface area contributed by atoms with E-state index in [2.05, 4.69) is 86.8 Å². The van der Waals surface area contributed by atoms with Gasteiger partial charge in [-0.3, -0.25) is 9.59 Å². The van der Waals surface area contributed by atoms with Gasteiger partial charge in [-0.2, -0.15) is 0 Å². The van der Waals surface area contributed by atoms with Gasteiger partial charge in [-0.05, 0) is 64.2 Å². The van der Waals surface area contributed by atoms with E-state index >= 15 is 0 Å². The molecule has 0 aliphatic heterocycles. The van der Waals surface area contributed by atoms with Gasteiger partial charge in [-0.15, -0.1) is 0 Å². The monoisotopic (exact) mass is 886 g/mol. The first-order valence-electron chi connectivity index (χ1n) is 25.8. The molecule has 0 saturated carbocycles. The quantitative estimate of drug-likeness (QED) is 0.0245. The maximum atomic E-state index is 13.2. The van der Waals surface area contributed by atoms with E-state index in [0.717, 1.165) is 83.5 Å². The molecule has 0 rings (SSSR count). The zero-order valence-corrected chi connectivity index (χ0v) is 41.1. The van der Waals surface area contributed by atoms with Crippen LogP contribution in [-0.4, -0.2) is 46.9 Å². The van der Waals surface area contributed by atoms with Gasteiger partial charge in [-0.1, -0.05) is 245 Å². The Morgan fingerprint density at radius 3 is 1.44 bits per heavy atom. The molecule has 6 nitrogen and oxygen atoms in total. The molecule has 1 amide bonds. The van der Waals surface area contributed by atoms with E-state index in [4.69, 9.17) is 4.74 Å². The van der Waals surface area contributed by atoms with Crippen LogP contribution in [0.3, 0.4) is 0 Å². The summed E-state index contributed by atoms with van der Waals surface area (Å²) < 4.78 is 5.85. The average molecular weight is 886 g/mol. The van der Waals surface area contributed by atoms with Crippen LogP contribution in [0.25, 0.3) is 0 Å². The Bertz CT molecular complexity index is 1360. The average Bonchev–Trinajstić information content (AvgIpc) is 3.29. The number of carbonyl (C=O) groups excluding carboxylic acids is 2. The molecule has 0 heterocycles. The predicted molar refractivity (Wildman–Crippen MR) is 277 cm³/mol. The van der Waals surface area contributed by atoms with Crippen molar-refractivity contribution in [1.29, 1.82) is 0 Å². The summed E-state index contributed by atoms with van der Waals surface area (Å²) in [7, 11) is 0. The number of aliphatic hydroxyl groups is 2. The van der Waals surface area contributed by atoms with Crippen LogP contribution in [-0.2, 0) is 14.3 Å². The number of unbranched alkanes of at least 4 members (excludes halogenated alkanes) is 17. The molecule has 362 valence electrons. The smallest absolute Gasteiger partial charge is 0.306 e. The van der Waals surface area contributed by atoms with E-state index in [1.807, 2.05) is 60.8 Å². The summed E-state index contributed by atoms with van der Waals surface area (Å²) in [4.78, 5) is 26.1. The largest absolute Gasteiger partial charge is 0.461 e. The van der Waals surface area contributed by atoms with E-state index in [1.165, 1.54) is 77.0 Å². The third kappa shape index (κ3) is 44.9. The normalized spacial score (nSPS) is 14.3.